The Morgan fingerprint density at radius 2 is 2.17 bits per heavy atom. The molecule has 0 aromatic rings. The van der Waals surface area contributed by atoms with E-state index in [0.29, 0.717) is 6.42 Å². The molecule has 2 aliphatic carbocycles. The van der Waals surface area contributed by atoms with Crippen molar-refractivity contribution in [3.8, 4) is 0 Å². The number of fused-ring (bicyclic) bond motifs is 1. The van der Waals surface area contributed by atoms with Crippen molar-refractivity contribution in [2.24, 2.45) is 29.0 Å². The highest BCUT2D eigenvalue weighted by atomic mass is 16.6. The minimum Gasteiger partial charge on any atom is -0.462 e. The van der Waals surface area contributed by atoms with E-state index in [1.54, 1.807) is 20.8 Å². The van der Waals surface area contributed by atoms with Crippen LogP contribution in [0.3, 0.4) is 0 Å². The van der Waals surface area contributed by atoms with Crippen LogP contribution in [0.15, 0.2) is 23.7 Å². The molecule has 7 atom stereocenters. The van der Waals surface area contributed by atoms with Crippen molar-refractivity contribution < 1.29 is 36.5 Å². The Morgan fingerprint density at radius 1 is 1.43 bits per heavy atom. The smallest absolute Gasteiger partial charge is 0.311 e. The SMILES string of the molecule is [2H]C1=C([2H])[C@]([2H])(C)[C@H](CCC2C[C@@H](O)C([2H])([2H])C(=O)O2)[C@@H]2C1=C([2H])[C@]([2H])(C)C([2H])([2H])C2OC(=O)C(C)(C)CC. The standard InChI is InChI=1S/C25H38O5/c1-6-25(4,5)24(28)30-21-12-15(2)11-17-8-7-16(3)20(23(17)21)10-9-19-13-18(26)14-22(27)29-19/h7-8,11,15-16,18-21,23,26H,6,9-10,12-14H2,1-5H3/t15-,16-,18+,19?,20-,21?,23-/m0/s1/i7D,8D,11D,12D2,14D2,15D,16D. The fourth-order valence-electron chi connectivity index (χ4n) is 3.97. The molecule has 0 radical (unpaired) electrons. The Hall–Kier alpha value is -1.62. The number of aliphatic hydroxyl groups is 1. The van der Waals surface area contributed by atoms with Crippen molar-refractivity contribution in [2.45, 2.75) is 91.4 Å². The van der Waals surface area contributed by atoms with Crippen LogP contribution >= 0.6 is 0 Å². The molecule has 168 valence electrons. The van der Waals surface area contributed by atoms with Gasteiger partial charge in [-0.15, -0.1) is 0 Å². The molecular weight excluding hydrogens is 380 g/mol. The van der Waals surface area contributed by atoms with Crippen LogP contribution in [0.5, 0.6) is 0 Å². The molecule has 3 rings (SSSR count). The monoisotopic (exact) mass is 427 g/mol. The van der Waals surface area contributed by atoms with E-state index in [9.17, 15) is 14.7 Å². The van der Waals surface area contributed by atoms with E-state index in [1.165, 1.54) is 13.8 Å². The summed E-state index contributed by atoms with van der Waals surface area (Å²) in [5, 5.41) is 10.1. The number of ether oxygens (including phenoxy) is 2. The van der Waals surface area contributed by atoms with E-state index in [2.05, 4.69) is 0 Å². The third-order valence-electron chi connectivity index (χ3n) is 6.24. The number of carbonyl (C=O) groups excluding carboxylic acids is 2. The maximum Gasteiger partial charge on any atom is 0.311 e. The highest BCUT2D eigenvalue weighted by Crippen LogP contribution is 2.45. The largest absolute Gasteiger partial charge is 0.462 e. The molecular formula is C25H38O5. The number of rotatable bonds is 6. The van der Waals surface area contributed by atoms with Gasteiger partial charge in [0.05, 0.1) is 22.0 Å². The molecule has 1 heterocycles. The zero-order chi connectivity index (χ0) is 30.1. The lowest BCUT2D eigenvalue weighted by Gasteiger charge is -2.44. The molecule has 1 aliphatic heterocycles. The molecule has 0 aromatic heterocycles. The van der Waals surface area contributed by atoms with Crippen LogP contribution in [0.4, 0.5) is 0 Å². The summed E-state index contributed by atoms with van der Waals surface area (Å²) in [7, 11) is 0. The fourth-order valence-corrected chi connectivity index (χ4v) is 3.97. The normalized spacial score (nSPS) is 50.1. The fraction of sp³-hybridized carbons (Fsp3) is 0.760. The van der Waals surface area contributed by atoms with Gasteiger partial charge in [-0.05, 0) is 62.8 Å². The Kier molecular flexibility index (Phi) is 4.23. The predicted octanol–water partition coefficient (Wildman–Crippen LogP) is 4.59. The first-order valence-electron chi connectivity index (χ1n) is 15.1. The second-order valence-electron chi connectivity index (χ2n) is 8.94. The van der Waals surface area contributed by atoms with Gasteiger partial charge in [-0.3, -0.25) is 9.59 Å². The van der Waals surface area contributed by atoms with Gasteiger partial charge in [0.1, 0.15) is 12.2 Å². The summed E-state index contributed by atoms with van der Waals surface area (Å²) >= 11 is 0. The molecule has 1 N–H and O–H groups in total. The molecule has 1 saturated heterocycles. The Morgan fingerprint density at radius 3 is 2.83 bits per heavy atom. The van der Waals surface area contributed by atoms with Gasteiger partial charge in [0.15, 0.2) is 0 Å². The number of esters is 2. The maximum absolute atomic E-state index is 13.2. The van der Waals surface area contributed by atoms with Crippen molar-refractivity contribution in [3.63, 3.8) is 0 Å². The number of carbonyl (C=O) groups is 2. The minimum atomic E-state index is -2.60. The van der Waals surface area contributed by atoms with Crippen LogP contribution in [-0.4, -0.2) is 35.4 Å². The number of hydrogen-bond acceptors (Lipinski definition) is 5. The lowest BCUT2D eigenvalue weighted by Crippen LogP contribution is -2.43. The van der Waals surface area contributed by atoms with Crippen LogP contribution in [0, 0.1) is 29.0 Å². The van der Waals surface area contributed by atoms with E-state index in [4.69, 9.17) is 21.8 Å². The Balaban J connectivity index is 2.12. The number of allylic oxidation sites excluding steroid dienone is 3. The zero-order valence-electron chi connectivity index (χ0n) is 27.3. The summed E-state index contributed by atoms with van der Waals surface area (Å²) in [6, 6.07) is -1.43. The molecule has 3 aliphatic rings. The average molecular weight is 428 g/mol. The summed E-state index contributed by atoms with van der Waals surface area (Å²) in [6.07, 6.45) is -9.20. The van der Waals surface area contributed by atoms with E-state index in [-0.39, 0.29) is 24.8 Å². The van der Waals surface area contributed by atoms with Crippen molar-refractivity contribution in [3.05, 3.63) is 23.7 Å². The second kappa shape index (κ2) is 9.25. The van der Waals surface area contributed by atoms with E-state index < -0.39 is 90.2 Å². The number of aliphatic hydroxyl groups excluding tert-OH is 1. The van der Waals surface area contributed by atoms with Gasteiger partial charge in [0.25, 0.3) is 0 Å². The van der Waals surface area contributed by atoms with E-state index in [0.717, 1.165) is 0 Å². The number of hydrogen-bond donors (Lipinski definition) is 1. The van der Waals surface area contributed by atoms with Gasteiger partial charge in [0, 0.05) is 20.6 Å². The summed E-state index contributed by atoms with van der Waals surface area (Å²) in [4.78, 5) is 25.3. The van der Waals surface area contributed by atoms with Gasteiger partial charge in [-0.25, -0.2) is 0 Å². The van der Waals surface area contributed by atoms with E-state index >= 15 is 0 Å². The molecule has 0 saturated carbocycles. The van der Waals surface area contributed by atoms with Crippen molar-refractivity contribution in [1.82, 2.24) is 0 Å². The molecule has 30 heavy (non-hydrogen) atoms. The molecule has 2 unspecified atom stereocenters. The highest BCUT2D eigenvalue weighted by molar-refractivity contribution is 5.76. The molecule has 0 bridgehead atoms. The average Bonchev–Trinajstić information content (AvgIpc) is 2.82. The van der Waals surface area contributed by atoms with Gasteiger partial charge in [-0.1, -0.05) is 38.9 Å². The third kappa shape index (κ3) is 5.16. The molecule has 0 aromatic carbocycles. The first-order valence-corrected chi connectivity index (χ1v) is 10.6. The van der Waals surface area contributed by atoms with Crippen molar-refractivity contribution in [2.75, 3.05) is 0 Å². The van der Waals surface area contributed by atoms with Crippen LogP contribution < -0.4 is 0 Å². The van der Waals surface area contributed by atoms with Gasteiger partial charge >= 0.3 is 11.9 Å². The predicted molar refractivity (Wildman–Crippen MR) is 115 cm³/mol. The quantitative estimate of drug-likeness (QED) is 0.628. The second-order valence-corrected chi connectivity index (χ2v) is 8.94. The maximum atomic E-state index is 13.2. The topological polar surface area (TPSA) is 72.8 Å². The van der Waals surface area contributed by atoms with Gasteiger partial charge < -0.3 is 14.6 Å². The summed E-state index contributed by atoms with van der Waals surface area (Å²) in [6.45, 7) is 7.58. The van der Waals surface area contributed by atoms with Crippen LogP contribution in [0.25, 0.3) is 0 Å². The summed E-state index contributed by atoms with van der Waals surface area (Å²) < 4.78 is 87.8. The lowest BCUT2D eigenvalue weighted by molar-refractivity contribution is -0.166. The van der Waals surface area contributed by atoms with Crippen molar-refractivity contribution >= 4 is 11.9 Å². The Labute approximate surface area is 193 Å². The molecule has 0 spiro atoms. The first kappa shape index (κ1) is 13.7. The number of cyclic esters (lactones) is 1. The summed E-state index contributed by atoms with van der Waals surface area (Å²) in [5.74, 6) is -8.21. The Bertz CT molecular complexity index is 1100. The third-order valence-corrected chi connectivity index (χ3v) is 6.24. The first-order chi connectivity index (χ1) is 17.6. The van der Waals surface area contributed by atoms with Crippen molar-refractivity contribution in [1.29, 1.82) is 0 Å². The van der Waals surface area contributed by atoms with Crippen LogP contribution in [0.2, 0.25) is 0 Å². The van der Waals surface area contributed by atoms with Gasteiger partial charge in [-0.2, -0.15) is 0 Å². The van der Waals surface area contributed by atoms with Crippen LogP contribution in [0.1, 0.15) is 85.4 Å². The minimum absolute atomic E-state index is 0.0119. The van der Waals surface area contributed by atoms with Crippen LogP contribution in [-0.2, 0) is 19.1 Å². The molecule has 0 amide bonds. The van der Waals surface area contributed by atoms with E-state index in [1.807, 2.05) is 0 Å². The zero-order valence-corrected chi connectivity index (χ0v) is 18.3. The molecule has 1 fully saturated rings. The lowest BCUT2D eigenvalue weighted by atomic mass is 9.65. The molecule has 5 nitrogen and oxygen atoms in total. The molecule has 5 heteroatoms. The highest BCUT2D eigenvalue weighted by Gasteiger charge is 2.43. The summed E-state index contributed by atoms with van der Waals surface area (Å²) in [5.41, 5.74) is -1.12. The van der Waals surface area contributed by atoms with Gasteiger partial charge in [0.2, 0.25) is 0 Å².